The van der Waals surface area contributed by atoms with Crippen molar-refractivity contribution in [2.24, 2.45) is 4.99 Å². The van der Waals surface area contributed by atoms with Gasteiger partial charge in [0.15, 0.2) is 5.70 Å². The number of nitro groups is 2. The van der Waals surface area contributed by atoms with Gasteiger partial charge >= 0.3 is 5.97 Å². The molecule has 0 saturated carbocycles. The number of cyclic esters (lactones) is 1. The normalized spacial score (nSPS) is 14.9. The first-order valence-electron chi connectivity index (χ1n) is 7.06. The molecule has 0 fully saturated rings. The van der Waals surface area contributed by atoms with Crippen molar-refractivity contribution in [2.75, 3.05) is 0 Å². The van der Waals surface area contributed by atoms with Crippen molar-refractivity contribution in [1.82, 2.24) is 0 Å². The molecular weight excluding hydrogens is 457 g/mol. The molecule has 1 aliphatic heterocycles. The lowest BCUT2D eigenvalue weighted by atomic mass is 10.1. The number of benzene rings is 2. The number of non-ortho nitro benzene ring substituents is 2. The molecule has 3 rings (SSSR count). The SMILES string of the molecule is O=C1OC(c2cc([N+](=O)[O-])cc([N+](=O)[O-])c2)=N/C1=C\c1ccccc1I. The smallest absolute Gasteiger partial charge is 0.363 e. The summed E-state index contributed by atoms with van der Waals surface area (Å²) in [6, 6.07) is 10.2. The summed E-state index contributed by atoms with van der Waals surface area (Å²) in [5.74, 6) is -0.965. The van der Waals surface area contributed by atoms with E-state index in [2.05, 4.69) is 27.6 Å². The summed E-state index contributed by atoms with van der Waals surface area (Å²) < 4.78 is 5.93. The molecule has 0 aromatic heterocycles. The highest BCUT2D eigenvalue weighted by atomic mass is 127. The van der Waals surface area contributed by atoms with Gasteiger partial charge in [0.05, 0.1) is 21.5 Å². The van der Waals surface area contributed by atoms with Crippen LogP contribution < -0.4 is 0 Å². The molecule has 10 heteroatoms. The first kappa shape index (κ1) is 17.7. The van der Waals surface area contributed by atoms with Crippen LogP contribution in [0.25, 0.3) is 6.08 Å². The number of esters is 1. The van der Waals surface area contributed by atoms with E-state index in [4.69, 9.17) is 4.74 Å². The number of halogens is 1. The standard InChI is InChI=1S/C16H8IN3O6/c17-13-4-2-1-3-9(13)7-14-16(21)26-15(18-14)10-5-11(19(22)23)8-12(6-10)20(24)25/h1-8H/b14-7-. The molecule has 0 spiro atoms. The quantitative estimate of drug-likeness (QED) is 0.224. The molecular formula is C16H8IN3O6. The van der Waals surface area contributed by atoms with E-state index in [1.165, 1.54) is 6.08 Å². The Morgan fingerprint density at radius 3 is 2.23 bits per heavy atom. The number of nitro benzene ring substituents is 2. The van der Waals surface area contributed by atoms with Crippen molar-refractivity contribution in [3.63, 3.8) is 0 Å². The zero-order valence-electron chi connectivity index (χ0n) is 12.8. The van der Waals surface area contributed by atoms with Crippen molar-refractivity contribution in [1.29, 1.82) is 0 Å². The summed E-state index contributed by atoms with van der Waals surface area (Å²) >= 11 is 2.10. The summed E-state index contributed by atoms with van der Waals surface area (Å²) in [5.41, 5.74) is -0.273. The van der Waals surface area contributed by atoms with Gasteiger partial charge < -0.3 is 4.74 Å². The van der Waals surface area contributed by atoms with Crippen LogP contribution in [-0.4, -0.2) is 21.7 Å². The van der Waals surface area contributed by atoms with Gasteiger partial charge in [-0.1, -0.05) is 18.2 Å². The molecule has 0 saturated heterocycles. The van der Waals surface area contributed by atoms with E-state index in [0.717, 1.165) is 27.3 Å². The molecule has 0 amide bonds. The molecule has 26 heavy (non-hydrogen) atoms. The third-order valence-electron chi connectivity index (χ3n) is 3.39. The number of aliphatic imine (C=N–C) groups is 1. The van der Waals surface area contributed by atoms with Crippen LogP contribution in [0.1, 0.15) is 11.1 Å². The number of carbonyl (C=O) groups is 1. The van der Waals surface area contributed by atoms with Crippen molar-refractivity contribution >= 4 is 51.9 Å². The van der Waals surface area contributed by atoms with E-state index >= 15 is 0 Å². The van der Waals surface area contributed by atoms with Gasteiger partial charge in [-0.25, -0.2) is 9.79 Å². The van der Waals surface area contributed by atoms with Crippen LogP contribution in [0.3, 0.4) is 0 Å². The first-order valence-corrected chi connectivity index (χ1v) is 8.14. The third kappa shape index (κ3) is 3.59. The molecule has 0 aliphatic carbocycles. The van der Waals surface area contributed by atoms with Crippen LogP contribution in [0.2, 0.25) is 0 Å². The minimum absolute atomic E-state index is 0.00160. The second-order valence-electron chi connectivity index (χ2n) is 5.11. The molecule has 0 atom stereocenters. The summed E-state index contributed by atoms with van der Waals surface area (Å²) in [7, 11) is 0. The number of carbonyl (C=O) groups excluding carboxylic acids is 1. The van der Waals surface area contributed by atoms with Crippen molar-refractivity contribution in [3.8, 4) is 0 Å². The highest BCUT2D eigenvalue weighted by molar-refractivity contribution is 14.1. The predicted molar refractivity (Wildman–Crippen MR) is 99.5 cm³/mol. The Morgan fingerprint density at radius 2 is 1.65 bits per heavy atom. The lowest BCUT2D eigenvalue weighted by Gasteiger charge is -2.00. The van der Waals surface area contributed by atoms with Gasteiger partial charge in [0.1, 0.15) is 0 Å². The fourth-order valence-corrected chi connectivity index (χ4v) is 2.74. The molecule has 2 aromatic rings. The lowest BCUT2D eigenvalue weighted by molar-refractivity contribution is -0.394. The van der Waals surface area contributed by atoms with E-state index in [1.54, 1.807) is 12.1 Å². The Labute approximate surface area is 159 Å². The maximum Gasteiger partial charge on any atom is 0.363 e. The minimum atomic E-state index is -0.767. The summed E-state index contributed by atoms with van der Waals surface area (Å²) in [5, 5.41) is 21.9. The highest BCUT2D eigenvalue weighted by Gasteiger charge is 2.27. The zero-order chi connectivity index (χ0) is 18.8. The summed E-state index contributed by atoms with van der Waals surface area (Å²) in [6.07, 6.45) is 1.52. The molecule has 9 nitrogen and oxygen atoms in total. The van der Waals surface area contributed by atoms with E-state index in [-0.39, 0.29) is 17.2 Å². The first-order chi connectivity index (χ1) is 12.3. The van der Waals surface area contributed by atoms with Crippen LogP contribution in [0.15, 0.2) is 53.2 Å². The van der Waals surface area contributed by atoms with Crippen LogP contribution in [-0.2, 0) is 9.53 Å². The zero-order valence-corrected chi connectivity index (χ0v) is 14.9. The molecule has 130 valence electrons. The van der Waals surface area contributed by atoms with Gasteiger partial charge in [-0.05, 0) is 40.3 Å². The fraction of sp³-hybridized carbons (Fsp3) is 0. The van der Waals surface area contributed by atoms with Gasteiger partial charge in [-0.15, -0.1) is 0 Å². The highest BCUT2D eigenvalue weighted by Crippen LogP contribution is 2.27. The Morgan fingerprint density at radius 1 is 1.04 bits per heavy atom. The van der Waals surface area contributed by atoms with Crippen LogP contribution in [0.5, 0.6) is 0 Å². The molecule has 0 bridgehead atoms. The van der Waals surface area contributed by atoms with Crippen LogP contribution in [0, 0.1) is 23.8 Å². The number of hydrogen-bond donors (Lipinski definition) is 0. The monoisotopic (exact) mass is 465 g/mol. The second-order valence-corrected chi connectivity index (χ2v) is 6.27. The van der Waals surface area contributed by atoms with Crippen molar-refractivity contribution in [2.45, 2.75) is 0 Å². The fourth-order valence-electron chi connectivity index (χ4n) is 2.20. The number of nitrogens with zero attached hydrogens (tertiary/aromatic N) is 3. The summed E-state index contributed by atoms with van der Waals surface area (Å²) in [6.45, 7) is 0. The molecule has 1 heterocycles. The van der Waals surface area contributed by atoms with Gasteiger partial charge in [0, 0.05) is 15.7 Å². The summed E-state index contributed by atoms with van der Waals surface area (Å²) in [4.78, 5) is 36.5. The van der Waals surface area contributed by atoms with Gasteiger partial charge in [-0.3, -0.25) is 20.2 Å². The Bertz CT molecular complexity index is 983. The third-order valence-corrected chi connectivity index (χ3v) is 4.37. The largest absolute Gasteiger partial charge is 0.402 e. The molecule has 0 radical (unpaired) electrons. The Balaban J connectivity index is 2.05. The maximum absolute atomic E-state index is 12.0. The van der Waals surface area contributed by atoms with Crippen molar-refractivity contribution in [3.05, 3.63) is 83.1 Å². The lowest BCUT2D eigenvalue weighted by Crippen LogP contribution is -2.06. The van der Waals surface area contributed by atoms with Gasteiger partial charge in [-0.2, -0.15) is 0 Å². The second kappa shape index (κ2) is 7.00. The van der Waals surface area contributed by atoms with Crippen LogP contribution >= 0.6 is 22.6 Å². The molecule has 2 aromatic carbocycles. The Kier molecular flexibility index (Phi) is 4.75. The maximum atomic E-state index is 12.0. The van der Waals surface area contributed by atoms with E-state index < -0.39 is 27.2 Å². The van der Waals surface area contributed by atoms with Crippen LogP contribution in [0.4, 0.5) is 11.4 Å². The van der Waals surface area contributed by atoms with E-state index in [0.29, 0.717) is 0 Å². The Hall–Kier alpha value is -3.15. The molecule has 0 unspecified atom stereocenters. The number of ether oxygens (including phenoxy) is 1. The van der Waals surface area contributed by atoms with E-state index in [1.807, 2.05) is 12.1 Å². The van der Waals surface area contributed by atoms with Gasteiger partial charge in [0.2, 0.25) is 5.90 Å². The molecule has 0 N–H and O–H groups in total. The van der Waals surface area contributed by atoms with Crippen molar-refractivity contribution < 1.29 is 19.4 Å². The minimum Gasteiger partial charge on any atom is -0.402 e. The average molecular weight is 465 g/mol. The average Bonchev–Trinajstić information content (AvgIpc) is 2.97. The topological polar surface area (TPSA) is 125 Å². The van der Waals surface area contributed by atoms with Gasteiger partial charge in [0.25, 0.3) is 11.4 Å². The number of hydrogen-bond acceptors (Lipinski definition) is 7. The predicted octanol–water partition coefficient (Wildman–Crippen LogP) is 3.45. The van der Waals surface area contributed by atoms with E-state index in [9.17, 15) is 25.0 Å². The number of rotatable bonds is 4. The molecule has 1 aliphatic rings.